The van der Waals surface area contributed by atoms with E-state index in [1.807, 2.05) is 34.9 Å². The number of ether oxygens (including phenoxy) is 1. The van der Waals surface area contributed by atoms with Crippen molar-refractivity contribution in [3.8, 4) is 23.0 Å². The maximum absolute atomic E-state index is 14.3. The van der Waals surface area contributed by atoms with Gasteiger partial charge in [0.15, 0.2) is 0 Å². The summed E-state index contributed by atoms with van der Waals surface area (Å²) in [6.45, 7) is 13.4. The van der Waals surface area contributed by atoms with E-state index >= 15 is 0 Å². The zero-order valence-corrected chi connectivity index (χ0v) is 28.2. The number of rotatable bonds is 8. The van der Waals surface area contributed by atoms with Crippen molar-refractivity contribution in [2.75, 3.05) is 0 Å². The largest absolute Gasteiger partial charge is 0.457 e. The van der Waals surface area contributed by atoms with Gasteiger partial charge in [-0.1, -0.05) is 57.0 Å². The fraction of sp³-hybridized carbons (Fsp3) is 0.317. The van der Waals surface area contributed by atoms with Crippen LogP contribution in [0.4, 0.5) is 4.39 Å². The lowest BCUT2D eigenvalue weighted by molar-refractivity contribution is 0.330. The minimum Gasteiger partial charge on any atom is -0.457 e. The summed E-state index contributed by atoms with van der Waals surface area (Å²) < 4.78 is 25.0. The molecule has 240 valence electrons. The van der Waals surface area contributed by atoms with Crippen molar-refractivity contribution in [1.82, 2.24) is 19.3 Å². The van der Waals surface area contributed by atoms with Crippen molar-refractivity contribution in [2.24, 2.45) is 11.8 Å². The van der Waals surface area contributed by atoms with Gasteiger partial charge in [-0.3, -0.25) is 4.57 Å². The summed E-state index contributed by atoms with van der Waals surface area (Å²) in [6.07, 6.45) is 8.75. The molecule has 7 rings (SSSR count). The molecule has 6 aromatic rings. The zero-order chi connectivity index (χ0) is 32.8. The van der Waals surface area contributed by atoms with Crippen molar-refractivity contribution >= 4 is 21.8 Å². The monoisotopic (exact) mass is 626 g/mol. The second kappa shape index (κ2) is 12.5. The van der Waals surface area contributed by atoms with Crippen LogP contribution in [0.3, 0.4) is 0 Å². The summed E-state index contributed by atoms with van der Waals surface area (Å²) in [6, 6.07) is 23.4. The lowest BCUT2D eigenvalue weighted by Crippen LogP contribution is -2.24. The second-order valence-electron chi connectivity index (χ2n) is 13.1. The van der Waals surface area contributed by atoms with Gasteiger partial charge < -0.3 is 4.74 Å². The quantitative estimate of drug-likeness (QED) is 0.158. The normalized spacial score (nSPS) is 18.2. The summed E-state index contributed by atoms with van der Waals surface area (Å²) in [5, 5.41) is 7.26. The van der Waals surface area contributed by atoms with E-state index in [0.29, 0.717) is 29.3 Å². The molecular formula is C41H43FN4O. The summed E-state index contributed by atoms with van der Waals surface area (Å²) in [7, 11) is 0. The highest BCUT2D eigenvalue weighted by atomic mass is 19.1. The standard InChI is InChI=1S/C41H43FN4O/c1-7-28-20-29(8-2)41(30(9-3)21-28)40-26(5)44-46(27(40)6)32-18-25(4)19-34(23-32)47-33-14-15-36-35-12-10-11-13-37(35)45(38(36)24-33)39-22-31(42)16-17-43-39/h10-20,22-24,28,30,41H,7-9,21H2,1-6H3/t28?,30-,41+/m0/s1. The van der Waals surface area contributed by atoms with Crippen molar-refractivity contribution in [1.29, 1.82) is 0 Å². The van der Waals surface area contributed by atoms with Crippen molar-refractivity contribution < 1.29 is 9.13 Å². The minimum atomic E-state index is -0.325. The molecule has 47 heavy (non-hydrogen) atoms. The average molecular weight is 627 g/mol. The number of halogens is 1. The Morgan fingerprint density at radius 2 is 1.66 bits per heavy atom. The van der Waals surface area contributed by atoms with Crippen LogP contribution in [-0.2, 0) is 0 Å². The molecule has 3 heterocycles. The van der Waals surface area contributed by atoms with Gasteiger partial charge in [-0.05, 0) is 93.8 Å². The summed E-state index contributed by atoms with van der Waals surface area (Å²) >= 11 is 0. The van der Waals surface area contributed by atoms with Crippen LogP contribution in [0.2, 0.25) is 0 Å². The molecule has 1 aliphatic carbocycles. The van der Waals surface area contributed by atoms with Crippen LogP contribution in [-0.4, -0.2) is 19.3 Å². The predicted molar refractivity (Wildman–Crippen MR) is 190 cm³/mol. The maximum atomic E-state index is 14.3. The van der Waals surface area contributed by atoms with E-state index in [-0.39, 0.29) is 5.82 Å². The average Bonchev–Trinajstić information content (AvgIpc) is 3.56. The van der Waals surface area contributed by atoms with Crippen LogP contribution in [0.5, 0.6) is 11.5 Å². The molecule has 3 aromatic heterocycles. The molecule has 1 unspecified atom stereocenters. The summed E-state index contributed by atoms with van der Waals surface area (Å²) in [4.78, 5) is 4.50. The van der Waals surface area contributed by atoms with Crippen LogP contribution >= 0.6 is 0 Å². The molecule has 0 spiro atoms. The predicted octanol–water partition coefficient (Wildman–Crippen LogP) is 11.1. The van der Waals surface area contributed by atoms with Gasteiger partial charge in [-0.25, -0.2) is 14.1 Å². The Morgan fingerprint density at radius 1 is 0.851 bits per heavy atom. The van der Waals surface area contributed by atoms with E-state index in [0.717, 1.165) is 50.9 Å². The molecule has 0 radical (unpaired) electrons. The summed E-state index contributed by atoms with van der Waals surface area (Å²) in [5.74, 6) is 3.34. The molecule has 6 heteroatoms. The van der Waals surface area contributed by atoms with Crippen LogP contribution in [0.1, 0.15) is 74.9 Å². The van der Waals surface area contributed by atoms with Crippen LogP contribution in [0, 0.1) is 38.4 Å². The molecule has 3 atom stereocenters. The van der Waals surface area contributed by atoms with Gasteiger partial charge in [-0.2, -0.15) is 5.10 Å². The topological polar surface area (TPSA) is 44.9 Å². The first-order valence-corrected chi connectivity index (χ1v) is 17.0. The number of hydrogen-bond acceptors (Lipinski definition) is 3. The number of aryl methyl sites for hydroxylation is 2. The van der Waals surface area contributed by atoms with Gasteiger partial charge in [-0.15, -0.1) is 0 Å². The summed E-state index contributed by atoms with van der Waals surface area (Å²) in [5.41, 5.74) is 9.20. The second-order valence-corrected chi connectivity index (χ2v) is 13.1. The highest BCUT2D eigenvalue weighted by Crippen LogP contribution is 2.46. The Hall–Kier alpha value is -4.71. The van der Waals surface area contributed by atoms with Gasteiger partial charge >= 0.3 is 0 Å². The molecule has 0 fully saturated rings. The van der Waals surface area contributed by atoms with Gasteiger partial charge in [0.1, 0.15) is 23.1 Å². The van der Waals surface area contributed by atoms with Crippen molar-refractivity contribution in [2.45, 2.75) is 73.1 Å². The Morgan fingerprint density at radius 3 is 2.43 bits per heavy atom. The third-order valence-electron chi connectivity index (χ3n) is 10.1. The molecule has 5 nitrogen and oxygen atoms in total. The lowest BCUT2D eigenvalue weighted by atomic mass is 9.68. The van der Waals surface area contributed by atoms with Crippen molar-refractivity contribution in [3.05, 3.63) is 119 Å². The number of allylic oxidation sites excluding steroid dienone is 2. The molecule has 0 amide bonds. The molecule has 0 N–H and O–H groups in total. The van der Waals surface area contributed by atoms with Gasteiger partial charge in [0, 0.05) is 52.3 Å². The third kappa shape index (κ3) is 5.54. The Labute approximate surface area is 276 Å². The third-order valence-corrected chi connectivity index (χ3v) is 10.1. The number of aromatic nitrogens is 4. The van der Waals surface area contributed by atoms with Gasteiger partial charge in [0.2, 0.25) is 0 Å². The van der Waals surface area contributed by atoms with E-state index in [4.69, 9.17) is 9.84 Å². The van der Waals surface area contributed by atoms with Gasteiger partial charge in [0.25, 0.3) is 0 Å². The Bertz CT molecular complexity index is 2140. The number of fused-ring (bicyclic) bond motifs is 3. The van der Waals surface area contributed by atoms with E-state index < -0.39 is 0 Å². The first kappa shape index (κ1) is 30.9. The lowest BCUT2D eigenvalue weighted by Gasteiger charge is -2.36. The number of para-hydroxylation sites is 1. The number of pyridine rings is 1. The molecule has 0 bridgehead atoms. The number of nitrogens with zero attached hydrogens (tertiary/aromatic N) is 4. The number of hydrogen-bond donors (Lipinski definition) is 0. The molecule has 0 saturated carbocycles. The molecule has 0 aliphatic heterocycles. The van der Waals surface area contributed by atoms with Crippen LogP contribution in [0.15, 0.2) is 90.6 Å². The highest BCUT2D eigenvalue weighted by molar-refractivity contribution is 6.09. The van der Waals surface area contributed by atoms with Crippen LogP contribution < -0.4 is 4.74 Å². The first-order valence-electron chi connectivity index (χ1n) is 17.0. The highest BCUT2D eigenvalue weighted by Gasteiger charge is 2.34. The fourth-order valence-electron chi connectivity index (χ4n) is 7.93. The Balaban J connectivity index is 1.28. The van der Waals surface area contributed by atoms with E-state index in [9.17, 15) is 4.39 Å². The Kier molecular flexibility index (Phi) is 8.21. The smallest absolute Gasteiger partial charge is 0.140 e. The van der Waals surface area contributed by atoms with Crippen LogP contribution in [0.25, 0.3) is 33.3 Å². The van der Waals surface area contributed by atoms with E-state index in [1.54, 1.807) is 5.57 Å². The van der Waals surface area contributed by atoms with Gasteiger partial charge in [0.05, 0.1) is 22.4 Å². The van der Waals surface area contributed by atoms with Crippen molar-refractivity contribution in [3.63, 3.8) is 0 Å². The fourth-order valence-corrected chi connectivity index (χ4v) is 7.93. The molecule has 3 aromatic carbocycles. The molecular weight excluding hydrogens is 583 g/mol. The molecule has 0 saturated heterocycles. The maximum Gasteiger partial charge on any atom is 0.140 e. The minimum absolute atomic E-state index is 0.325. The molecule has 1 aliphatic rings. The number of benzene rings is 3. The SMILES string of the molecule is CCC1=CC(CC)C[C@H](CC)[C@@H]1c1c(C)nn(-c2cc(C)cc(Oc3ccc4c5ccccc5n(-c5cc(F)ccn5)c4c3)c2)c1C. The van der Waals surface area contributed by atoms with E-state index in [2.05, 4.69) is 87.6 Å². The van der Waals surface area contributed by atoms with E-state index in [1.165, 1.54) is 48.8 Å². The first-order chi connectivity index (χ1) is 22.8. The zero-order valence-electron chi connectivity index (χ0n) is 28.2.